The first-order valence-electron chi connectivity index (χ1n) is 10.6. The molecule has 0 unspecified atom stereocenters. The molecular weight excluding hydrogens is 408 g/mol. The van der Waals surface area contributed by atoms with Crippen LogP contribution >= 0.6 is 11.8 Å². The van der Waals surface area contributed by atoms with Crippen LogP contribution in [-0.4, -0.2) is 57.0 Å². The Morgan fingerprint density at radius 2 is 1.83 bits per heavy atom. The van der Waals surface area contributed by atoms with Crippen molar-refractivity contribution in [3.8, 4) is 5.75 Å². The van der Waals surface area contributed by atoms with Gasteiger partial charge >= 0.3 is 0 Å². The Morgan fingerprint density at radius 1 is 1.14 bits per heavy atom. The van der Waals surface area contributed by atoms with E-state index in [4.69, 9.17) is 4.74 Å². The summed E-state index contributed by atoms with van der Waals surface area (Å²) in [6.45, 7) is 1.80. The molecule has 1 amide bonds. The molecule has 1 aromatic rings. The molecule has 0 aromatic heterocycles. The van der Waals surface area contributed by atoms with Gasteiger partial charge in [0, 0.05) is 30.6 Å². The number of likely N-dealkylation sites (tertiary alicyclic amines) is 1. The van der Waals surface area contributed by atoms with E-state index in [1.807, 2.05) is 11.8 Å². The van der Waals surface area contributed by atoms with Gasteiger partial charge in [-0.3, -0.25) is 4.79 Å². The minimum absolute atomic E-state index is 0.112. The smallest absolute Gasteiger partial charge is 0.257 e. The van der Waals surface area contributed by atoms with Crippen molar-refractivity contribution in [3.63, 3.8) is 0 Å². The van der Waals surface area contributed by atoms with E-state index in [1.165, 1.54) is 51.3 Å². The normalized spacial score (nSPS) is 18.6. The van der Waals surface area contributed by atoms with Gasteiger partial charge in [0.05, 0.1) is 17.6 Å². The number of ether oxygens (including phenoxy) is 1. The number of nitrogens with one attached hydrogen (secondary N) is 1. The van der Waals surface area contributed by atoms with E-state index in [0.29, 0.717) is 36.2 Å². The van der Waals surface area contributed by atoms with Crippen molar-refractivity contribution in [3.05, 3.63) is 23.8 Å². The molecule has 2 fully saturated rings. The number of methoxy groups -OCH3 is 1. The molecule has 3 rings (SSSR count). The van der Waals surface area contributed by atoms with Crippen LogP contribution in [-0.2, 0) is 10.0 Å². The fourth-order valence-electron chi connectivity index (χ4n) is 4.01. The molecule has 0 atom stereocenters. The van der Waals surface area contributed by atoms with Crippen LogP contribution in [0.25, 0.3) is 0 Å². The lowest BCUT2D eigenvalue weighted by molar-refractivity contribution is 0.0720. The molecule has 8 heteroatoms. The number of hydrogen-bond acceptors (Lipinski definition) is 5. The van der Waals surface area contributed by atoms with Crippen LogP contribution in [0.1, 0.15) is 61.7 Å². The molecule has 1 aliphatic carbocycles. The number of piperidine rings is 1. The predicted molar refractivity (Wildman–Crippen MR) is 117 cm³/mol. The fraction of sp³-hybridized carbons (Fsp3) is 0.667. The molecule has 1 N–H and O–H groups in total. The number of sulfonamides is 1. The molecule has 1 heterocycles. The summed E-state index contributed by atoms with van der Waals surface area (Å²) in [4.78, 5) is 14.8. The number of rotatable bonds is 8. The summed E-state index contributed by atoms with van der Waals surface area (Å²) >= 11 is 1.86. The van der Waals surface area contributed by atoms with Crippen molar-refractivity contribution in [2.45, 2.75) is 61.5 Å². The third-order valence-corrected chi connectivity index (χ3v) is 8.50. The molecule has 0 bridgehead atoms. The maximum atomic E-state index is 12.9. The summed E-state index contributed by atoms with van der Waals surface area (Å²) in [6, 6.07) is 4.53. The van der Waals surface area contributed by atoms with Gasteiger partial charge in [0.1, 0.15) is 5.75 Å². The molecular formula is C21H32N2O4S2. The molecule has 0 radical (unpaired) electrons. The molecule has 2 aliphatic rings. The Morgan fingerprint density at radius 3 is 2.52 bits per heavy atom. The SMILES string of the molecule is COc1ccc(S(=O)(=O)NCCSC2CCCCC2)cc1C(=O)N1CCCCC1. The monoisotopic (exact) mass is 440 g/mol. The highest BCUT2D eigenvalue weighted by Crippen LogP contribution is 2.28. The van der Waals surface area contributed by atoms with Crippen LogP contribution in [0.15, 0.2) is 23.1 Å². The Balaban J connectivity index is 1.64. The van der Waals surface area contributed by atoms with Crippen LogP contribution in [0.5, 0.6) is 5.75 Å². The van der Waals surface area contributed by atoms with Crippen LogP contribution in [0.4, 0.5) is 0 Å². The molecule has 1 aliphatic heterocycles. The molecule has 1 saturated carbocycles. The minimum Gasteiger partial charge on any atom is -0.496 e. The maximum Gasteiger partial charge on any atom is 0.257 e. The average Bonchev–Trinajstić information content (AvgIpc) is 2.77. The number of thioether (sulfide) groups is 1. The highest BCUT2D eigenvalue weighted by molar-refractivity contribution is 8.00. The van der Waals surface area contributed by atoms with Gasteiger partial charge in [-0.25, -0.2) is 13.1 Å². The average molecular weight is 441 g/mol. The van der Waals surface area contributed by atoms with E-state index in [-0.39, 0.29) is 10.8 Å². The van der Waals surface area contributed by atoms with Crippen LogP contribution in [0.3, 0.4) is 0 Å². The lowest BCUT2D eigenvalue weighted by Gasteiger charge is -2.27. The van der Waals surface area contributed by atoms with Crippen molar-refractivity contribution in [2.75, 3.05) is 32.5 Å². The summed E-state index contributed by atoms with van der Waals surface area (Å²) in [5.41, 5.74) is 0.314. The maximum absolute atomic E-state index is 12.9. The summed E-state index contributed by atoms with van der Waals surface area (Å²) in [5, 5.41) is 0.656. The molecule has 29 heavy (non-hydrogen) atoms. The predicted octanol–water partition coefficient (Wildman–Crippen LogP) is 3.67. The Hall–Kier alpha value is -1.25. The van der Waals surface area contributed by atoms with Crippen molar-refractivity contribution >= 4 is 27.7 Å². The summed E-state index contributed by atoms with van der Waals surface area (Å²) in [7, 11) is -2.17. The Kier molecular flexibility index (Phi) is 8.26. The number of carbonyl (C=O) groups is 1. The highest BCUT2D eigenvalue weighted by Gasteiger charge is 2.24. The summed E-state index contributed by atoms with van der Waals surface area (Å²) in [6.07, 6.45) is 9.43. The van der Waals surface area contributed by atoms with E-state index < -0.39 is 10.0 Å². The minimum atomic E-state index is -3.66. The van der Waals surface area contributed by atoms with Crippen molar-refractivity contribution in [2.24, 2.45) is 0 Å². The van der Waals surface area contributed by atoms with E-state index in [0.717, 1.165) is 25.0 Å². The van der Waals surface area contributed by atoms with Gasteiger partial charge in [0.25, 0.3) is 5.91 Å². The third-order valence-electron chi connectivity index (χ3n) is 5.65. The molecule has 1 aromatic carbocycles. The number of hydrogen-bond donors (Lipinski definition) is 1. The van der Waals surface area contributed by atoms with E-state index in [9.17, 15) is 13.2 Å². The van der Waals surface area contributed by atoms with Gasteiger partial charge in [-0.2, -0.15) is 11.8 Å². The zero-order valence-electron chi connectivity index (χ0n) is 17.2. The third kappa shape index (κ3) is 6.12. The first kappa shape index (κ1) is 22.4. The lowest BCUT2D eigenvalue weighted by Crippen LogP contribution is -2.36. The summed E-state index contributed by atoms with van der Waals surface area (Å²) in [5.74, 6) is 1.01. The number of carbonyl (C=O) groups excluding carboxylic acids is 1. The van der Waals surface area contributed by atoms with Crippen molar-refractivity contribution < 1.29 is 17.9 Å². The zero-order valence-corrected chi connectivity index (χ0v) is 18.8. The van der Waals surface area contributed by atoms with Crippen LogP contribution in [0.2, 0.25) is 0 Å². The summed E-state index contributed by atoms with van der Waals surface area (Å²) < 4.78 is 33.5. The first-order valence-corrected chi connectivity index (χ1v) is 13.1. The Bertz CT molecular complexity index is 786. The lowest BCUT2D eigenvalue weighted by atomic mass is 10.0. The quantitative estimate of drug-likeness (QED) is 0.624. The fourth-order valence-corrected chi connectivity index (χ4v) is 6.41. The number of nitrogens with zero attached hydrogens (tertiary/aromatic N) is 1. The number of amides is 1. The Labute approximate surface area is 178 Å². The second-order valence-corrected chi connectivity index (χ2v) is 10.9. The van der Waals surface area contributed by atoms with Gasteiger partial charge in [-0.05, 0) is 50.3 Å². The van der Waals surface area contributed by atoms with Crippen molar-refractivity contribution in [1.82, 2.24) is 9.62 Å². The van der Waals surface area contributed by atoms with Gasteiger partial charge in [-0.1, -0.05) is 19.3 Å². The zero-order chi connectivity index (χ0) is 20.7. The van der Waals surface area contributed by atoms with E-state index >= 15 is 0 Å². The first-order chi connectivity index (χ1) is 14.0. The van der Waals surface area contributed by atoms with Gasteiger partial charge < -0.3 is 9.64 Å². The van der Waals surface area contributed by atoms with E-state index in [2.05, 4.69) is 4.72 Å². The van der Waals surface area contributed by atoms with Crippen LogP contribution in [0, 0.1) is 0 Å². The van der Waals surface area contributed by atoms with Gasteiger partial charge in [0.2, 0.25) is 10.0 Å². The van der Waals surface area contributed by atoms with Crippen LogP contribution < -0.4 is 9.46 Å². The standard InChI is InChI=1S/C21H32N2O4S2/c1-27-20-11-10-18(16-19(20)21(24)23-13-6-3-7-14-23)29(25,26)22-12-15-28-17-8-4-2-5-9-17/h10-11,16-17,22H,2-9,12-15H2,1H3. The highest BCUT2D eigenvalue weighted by atomic mass is 32.2. The molecule has 162 valence electrons. The molecule has 1 saturated heterocycles. The molecule has 0 spiro atoms. The number of benzene rings is 1. The largest absolute Gasteiger partial charge is 0.496 e. The van der Waals surface area contributed by atoms with Gasteiger partial charge in [0.15, 0.2) is 0 Å². The van der Waals surface area contributed by atoms with E-state index in [1.54, 1.807) is 11.0 Å². The second kappa shape index (κ2) is 10.7. The van der Waals surface area contributed by atoms with Gasteiger partial charge in [-0.15, -0.1) is 0 Å². The second-order valence-electron chi connectivity index (χ2n) is 7.74. The molecule has 6 nitrogen and oxygen atoms in total. The van der Waals surface area contributed by atoms with Crippen molar-refractivity contribution in [1.29, 1.82) is 0 Å². The topological polar surface area (TPSA) is 75.7 Å².